The van der Waals surface area contributed by atoms with E-state index >= 15 is 0 Å². The molecule has 2 aliphatic rings. The van der Waals surface area contributed by atoms with Gasteiger partial charge in [-0.1, -0.05) is 12.1 Å². The van der Waals surface area contributed by atoms with Crippen LogP contribution in [0.4, 0.5) is 17.5 Å². The Balaban J connectivity index is 1.53. The summed E-state index contributed by atoms with van der Waals surface area (Å²) in [6.07, 6.45) is 1.62. The molecule has 1 spiro atoms. The molecule has 0 radical (unpaired) electrons. The van der Waals surface area contributed by atoms with Crippen LogP contribution in [0, 0.1) is 6.92 Å². The number of piperidine rings is 1. The standard InChI is InChI=1S/C20H24N4O4/c1-14-13-17(24-9-7-20(8-10-24)27-11-12-28-20)23-19(21-14)22-16-6-4-3-5-15(16)18(25)26-2/h3-6,13H,7-12H2,1-2H3,(H,21,22,23). The number of methoxy groups -OCH3 is 1. The van der Waals surface area contributed by atoms with Crippen LogP contribution >= 0.6 is 0 Å². The van der Waals surface area contributed by atoms with E-state index in [9.17, 15) is 4.79 Å². The van der Waals surface area contributed by atoms with E-state index in [0.29, 0.717) is 30.4 Å². The molecule has 2 aliphatic heterocycles. The molecule has 3 heterocycles. The number of ether oxygens (including phenoxy) is 3. The van der Waals surface area contributed by atoms with Gasteiger partial charge >= 0.3 is 5.97 Å². The summed E-state index contributed by atoms with van der Waals surface area (Å²) < 4.78 is 16.5. The van der Waals surface area contributed by atoms with E-state index in [4.69, 9.17) is 14.2 Å². The number of hydrogen-bond acceptors (Lipinski definition) is 8. The lowest BCUT2D eigenvalue weighted by molar-refractivity contribution is -0.169. The SMILES string of the molecule is COC(=O)c1ccccc1Nc1nc(C)cc(N2CCC3(CC2)OCCO3)n1. The number of nitrogens with zero attached hydrogens (tertiary/aromatic N) is 3. The van der Waals surface area contributed by atoms with E-state index in [2.05, 4.69) is 20.2 Å². The number of hydrogen-bond donors (Lipinski definition) is 1. The number of aryl methyl sites for hydroxylation is 1. The van der Waals surface area contributed by atoms with Gasteiger partial charge in [0.2, 0.25) is 5.95 Å². The molecule has 0 aliphatic carbocycles. The van der Waals surface area contributed by atoms with Crippen LogP contribution in [0.1, 0.15) is 28.9 Å². The van der Waals surface area contributed by atoms with E-state index in [0.717, 1.165) is 37.4 Å². The zero-order valence-corrected chi connectivity index (χ0v) is 16.1. The maximum atomic E-state index is 12.0. The van der Waals surface area contributed by atoms with Crippen molar-refractivity contribution in [3.05, 3.63) is 41.6 Å². The Hall–Kier alpha value is -2.71. The molecule has 0 amide bonds. The van der Waals surface area contributed by atoms with Gasteiger partial charge in [0.25, 0.3) is 0 Å². The number of carbonyl (C=O) groups excluding carboxylic acids is 1. The highest BCUT2D eigenvalue weighted by Gasteiger charge is 2.40. The number of benzene rings is 1. The second-order valence-electron chi connectivity index (χ2n) is 6.95. The first-order valence-corrected chi connectivity index (χ1v) is 9.41. The number of carbonyl (C=O) groups is 1. The Morgan fingerprint density at radius 2 is 1.89 bits per heavy atom. The van der Waals surface area contributed by atoms with Crippen molar-refractivity contribution in [3.63, 3.8) is 0 Å². The van der Waals surface area contributed by atoms with E-state index in [1.54, 1.807) is 18.2 Å². The molecule has 0 bridgehead atoms. The second-order valence-corrected chi connectivity index (χ2v) is 6.95. The van der Waals surface area contributed by atoms with Gasteiger partial charge in [0.05, 0.1) is 31.6 Å². The van der Waals surface area contributed by atoms with Crippen LogP contribution in [0.5, 0.6) is 0 Å². The van der Waals surface area contributed by atoms with Crippen molar-refractivity contribution >= 4 is 23.4 Å². The van der Waals surface area contributed by atoms with Gasteiger partial charge in [-0.05, 0) is 19.1 Å². The van der Waals surface area contributed by atoms with E-state index in [1.807, 2.05) is 19.1 Å². The number of para-hydroxylation sites is 1. The largest absolute Gasteiger partial charge is 0.465 e. The fourth-order valence-corrected chi connectivity index (χ4v) is 3.63. The molecule has 0 atom stereocenters. The van der Waals surface area contributed by atoms with Crippen molar-refractivity contribution in [2.75, 3.05) is 43.6 Å². The summed E-state index contributed by atoms with van der Waals surface area (Å²) in [5, 5.41) is 3.16. The van der Waals surface area contributed by atoms with Gasteiger partial charge in [-0.15, -0.1) is 0 Å². The molecule has 4 rings (SSSR count). The predicted octanol–water partition coefficient (Wildman–Crippen LogP) is 2.66. The highest BCUT2D eigenvalue weighted by Crippen LogP contribution is 2.33. The predicted molar refractivity (Wildman–Crippen MR) is 104 cm³/mol. The second kappa shape index (κ2) is 7.73. The van der Waals surface area contributed by atoms with Gasteiger partial charge in [0, 0.05) is 37.7 Å². The molecule has 2 aromatic rings. The molecule has 1 aromatic heterocycles. The molecule has 1 aromatic carbocycles. The van der Waals surface area contributed by atoms with Crippen LogP contribution in [0.3, 0.4) is 0 Å². The van der Waals surface area contributed by atoms with Crippen LogP contribution in [0.15, 0.2) is 30.3 Å². The maximum absolute atomic E-state index is 12.0. The van der Waals surface area contributed by atoms with Crippen LogP contribution in [0.2, 0.25) is 0 Å². The number of nitrogens with one attached hydrogen (secondary N) is 1. The molecule has 2 fully saturated rings. The Morgan fingerprint density at radius 3 is 2.61 bits per heavy atom. The third kappa shape index (κ3) is 3.79. The first-order chi connectivity index (χ1) is 13.6. The number of rotatable bonds is 4. The highest BCUT2D eigenvalue weighted by molar-refractivity contribution is 5.96. The lowest BCUT2D eigenvalue weighted by Crippen LogP contribution is -2.45. The van der Waals surface area contributed by atoms with Crippen LogP contribution in [-0.4, -0.2) is 55.1 Å². The number of anilines is 3. The molecule has 8 nitrogen and oxygen atoms in total. The Morgan fingerprint density at radius 1 is 1.18 bits per heavy atom. The van der Waals surface area contributed by atoms with Crippen molar-refractivity contribution in [3.8, 4) is 0 Å². The first kappa shape index (κ1) is 18.6. The summed E-state index contributed by atoms with van der Waals surface area (Å²) in [6, 6.07) is 9.10. The van der Waals surface area contributed by atoms with Crippen molar-refractivity contribution in [1.82, 2.24) is 9.97 Å². The summed E-state index contributed by atoms with van der Waals surface area (Å²) in [5.41, 5.74) is 1.89. The third-order valence-corrected chi connectivity index (χ3v) is 5.08. The lowest BCUT2D eigenvalue weighted by atomic mass is 10.0. The monoisotopic (exact) mass is 384 g/mol. The molecular formula is C20H24N4O4. The fourth-order valence-electron chi connectivity index (χ4n) is 3.63. The van der Waals surface area contributed by atoms with Gasteiger partial charge < -0.3 is 24.4 Å². The highest BCUT2D eigenvalue weighted by atomic mass is 16.7. The Bertz CT molecular complexity index is 857. The maximum Gasteiger partial charge on any atom is 0.339 e. The topological polar surface area (TPSA) is 85.8 Å². The summed E-state index contributed by atoms with van der Waals surface area (Å²) in [5.74, 6) is 0.464. The van der Waals surface area contributed by atoms with Crippen LogP contribution in [0.25, 0.3) is 0 Å². The van der Waals surface area contributed by atoms with Crippen molar-refractivity contribution < 1.29 is 19.0 Å². The van der Waals surface area contributed by atoms with Gasteiger partial charge in [0.1, 0.15) is 5.82 Å². The number of esters is 1. The number of aromatic nitrogens is 2. The zero-order valence-electron chi connectivity index (χ0n) is 16.1. The minimum Gasteiger partial charge on any atom is -0.465 e. The molecule has 0 saturated carbocycles. The van der Waals surface area contributed by atoms with Crippen LogP contribution in [-0.2, 0) is 14.2 Å². The smallest absolute Gasteiger partial charge is 0.339 e. The average Bonchev–Trinajstić information content (AvgIpc) is 3.16. The summed E-state index contributed by atoms with van der Waals surface area (Å²) in [7, 11) is 1.36. The summed E-state index contributed by atoms with van der Waals surface area (Å²) >= 11 is 0. The van der Waals surface area contributed by atoms with Gasteiger partial charge in [-0.2, -0.15) is 4.98 Å². The van der Waals surface area contributed by atoms with Gasteiger partial charge in [-0.3, -0.25) is 0 Å². The van der Waals surface area contributed by atoms with E-state index < -0.39 is 11.8 Å². The zero-order chi connectivity index (χ0) is 19.6. The lowest BCUT2D eigenvalue weighted by Gasteiger charge is -2.38. The Kier molecular flexibility index (Phi) is 5.15. The van der Waals surface area contributed by atoms with Crippen molar-refractivity contribution in [2.24, 2.45) is 0 Å². The van der Waals surface area contributed by atoms with E-state index in [1.165, 1.54) is 7.11 Å². The minimum absolute atomic E-state index is 0.408. The molecule has 8 heteroatoms. The minimum atomic E-state index is -0.418. The van der Waals surface area contributed by atoms with E-state index in [-0.39, 0.29) is 0 Å². The molecule has 148 valence electrons. The normalized spacial score (nSPS) is 18.3. The van der Waals surface area contributed by atoms with Crippen molar-refractivity contribution in [2.45, 2.75) is 25.6 Å². The fraction of sp³-hybridized carbons (Fsp3) is 0.450. The van der Waals surface area contributed by atoms with Gasteiger partial charge in [-0.25, -0.2) is 9.78 Å². The van der Waals surface area contributed by atoms with Gasteiger partial charge in [0.15, 0.2) is 5.79 Å². The third-order valence-electron chi connectivity index (χ3n) is 5.08. The molecule has 28 heavy (non-hydrogen) atoms. The Labute approximate surface area is 163 Å². The van der Waals surface area contributed by atoms with Crippen LogP contribution < -0.4 is 10.2 Å². The first-order valence-electron chi connectivity index (χ1n) is 9.41. The summed E-state index contributed by atoms with van der Waals surface area (Å²) in [6.45, 7) is 4.86. The summed E-state index contributed by atoms with van der Waals surface area (Å²) in [4.78, 5) is 23.3. The van der Waals surface area contributed by atoms with Crippen molar-refractivity contribution in [1.29, 1.82) is 0 Å². The average molecular weight is 384 g/mol. The molecule has 1 N–H and O–H groups in total. The molecule has 0 unspecified atom stereocenters. The molecule has 2 saturated heterocycles. The molecular weight excluding hydrogens is 360 g/mol. The quantitative estimate of drug-likeness (QED) is 0.806.